The van der Waals surface area contributed by atoms with E-state index in [0.29, 0.717) is 11.0 Å². The number of hydrogen-bond donors (Lipinski definition) is 2. The van der Waals surface area contributed by atoms with E-state index in [2.05, 4.69) is 15.9 Å². The molecule has 1 rings (SSSR count). The van der Waals surface area contributed by atoms with Crippen LogP contribution in [-0.2, 0) is 10.0 Å². The van der Waals surface area contributed by atoms with Gasteiger partial charge in [-0.3, -0.25) is 0 Å². The number of aliphatic hydroxyl groups is 1. The summed E-state index contributed by atoms with van der Waals surface area (Å²) in [5, 5.41) is 9.02. The fourth-order valence-electron chi connectivity index (χ4n) is 1.67. The molecular weight excluding hydrogens is 332 g/mol. The van der Waals surface area contributed by atoms with Crippen LogP contribution in [0.3, 0.4) is 0 Å². The number of anilines is 1. The summed E-state index contributed by atoms with van der Waals surface area (Å²) in [5.41, 5.74) is 5.96. The number of unbranched alkanes of at least 4 members (excludes halogenated alkanes) is 1. The fraction of sp³-hybridized carbons (Fsp3) is 0.500. The van der Waals surface area contributed by atoms with Crippen molar-refractivity contribution < 1.29 is 13.5 Å². The zero-order valence-electron chi connectivity index (χ0n) is 10.8. The zero-order valence-corrected chi connectivity index (χ0v) is 13.2. The maximum Gasteiger partial charge on any atom is 0.245 e. The molecule has 0 spiro atoms. The number of aliphatic hydroxyl groups excluding tert-OH is 1. The lowest BCUT2D eigenvalue weighted by atomic mass is 10.3. The third-order valence-corrected chi connectivity index (χ3v) is 5.15. The van der Waals surface area contributed by atoms with Crippen LogP contribution in [0.4, 0.5) is 5.69 Å². The van der Waals surface area contributed by atoms with E-state index in [-0.39, 0.29) is 23.7 Å². The molecule has 0 aliphatic carbocycles. The van der Waals surface area contributed by atoms with Crippen molar-refractivity contribution in [1.82, 2.24) is 4.31 Å². The van der Waals surface area contributed by atoms with Crippen molar-refractivity contribution in [3.05, 3.63) is 22.7 Å². The molecule has 0 atom stereocenters. The van der Waals surface area contributed by atoms with Gasteiger partial charge in [0.25, 0.3) is 0 Å². The monoisotopic (exact) mass is 350 g/mol. The summed E-state index contributed by atoms with van der Waals surface area (Å²) in [5.74, 6) is 0. The third kappa shape index (κ3) is 4.17. The second-order valence-corrected chi connectivity index (χ2v) is 6.99. The van der Waals surface area contributed by atoms with Crippen molar-refractivity contribution in [3.63, 3.8) is 0 Å². The highest BCUT2D eigenvalue weighted by atomic mass is 79.9. The maximum absolute atomic E-state index is 12.5. The highest BCUT2D eigenvalue weighted by Gasteiger charge is 2.25. The minimum Gasteiger partial charge on any atom is -0.398 e. The number of hydrogen-bond acceptors (Lipinski definition) is 4. The van der Waals surface area contributed by atoms with Crippen LogP contribution < -0.4 is 5.73 Å². The van der Waals surface area contributed by atoms with Gasteiger partial charge in [-0.2, -0.15) is 4.31 Å². The lowest BCUT2D eigenvalue weighted by molar-refractivity contribution is 0.252. The Hall–Kier alpha value is -0.630. The first kappa shape index (κ1) is 16.4. The largest absolute Gasteiger partial charge is 0.398 e. The van der Waals surface area contributed by atoms with Crippen molar-refractivity contribution in [3.8, 4) is 0 Å². The van der Waals surface area contributed by atoms with E-state index in [1.807, 2.05) is 6.92 Å². The maximum atomic E-state index is 12.5. The second kappa shape index (κ2) is 7.23. The van der Waals surface area contributed by atoms with E-state index in [0.717, 1.165) is 12.8 Å². The van der Waals surface area contributed by atoms with Gasteiger partial charge in [-0.05, 0) is 24.6 Å². The number of rotatable bonds is 7. The average molecular weight is 351 g/mol. The van der Waals surface area contributed by atoms with E-state index >= 15 is 0 Å². The van der Waals surface area contributed by atoms with Crippen LogP contribution in [0, 0.1) is 0 Å². The summed E-state index contributed by atoms with van der Waals surface area (Å²) >= 11 is 3.24. The van der Waals surface area contributed by atoms with Crippen LogP contribution >= 0.6 is 15.9 Å². The molecule has 0 heterocycles. The molecule has 1 aromatic rings. The number of nitrogens with two attached hydrogens (primary N) is 1. The Kier molecular flexibility index (Phi) is 6.25. The van der Waals surface area contributed by atoms with Gasteiger partial charge < -0.3 is 10.8 Å². The highest BCUT2D eigenvalue weighted by molar-refractivity contribution is 9.10. The van der Waals surface area contributed by atoms with E-state index in [9.17, 15) is 8.42 Å². The van der Waals surface area contributed by atoms with E-state index in [1.54, 1.807) is 12.1 Å². The van der Waals surface area contributed by atoms with Crippen LogP contribution in [0.15, 0.2) is 27.6 Å². The highest BCUT2D eigenvalue weighted by Crippen LogP contribution is 2.26. The summed E-state index contributed by atoms with van der Waals surface area (Å²) in [7, 11) is -3.67. The smallest absolute Gasteiger partial charge is 0.245 e. The molecule has 5 nitrogen and oxygen atoms in total. The van der Waals surface area contributed by atoms with Crippen molar-refractivity contribution >= 4 is 31.6 Å². The number of sulfonamides is 1. The topological polar surface area (TPSA) is 83.6 Å². The molecular formula is C12H19BrN2O3S. The van der Waals surface area contributed by atoms with Gasteiger partial charge in [0.05, 0.1) is 12.3 Å². The first-order chi connectivity index (χ1) is 8.93. The Morgan fingerprint density at radius 3 is 2.63 bits per heavy atom. The van der Waals surface area contributed by atoms with E-state index < -0.39 is 10.0 Å². The van der Waals surface area contributed by atoms with E-state index in [1.165, 1.54) is 10.4 Å². The van der Waals surface area contributed by atoms with Gasteiger partial charge in [-0.1, -0.05) is 29.3 Å². The summed E-state index contributed by atoms with van der Waals surface area (Å²) in [6.07, 6.45) is 1.62. The molecule has 0 bridgehead atoms. The second-order valence-electron chi connectivity index (χ2n) is 4.16. The van der Waals surface area contributed by atoms with Crippen LogP contribution in [-0.4, -0.2) is 37.5 Å². The zero-order chi connectivity index (χ0) is 14.5. The Morgan fingerprint density at radius 1 is 1.37 bits per heavy atom. The Morgan fingerprint density at radius 2 is 2.05 bits per heavy atom. The van der Waals surface area contributed by atoms with Gasteiger partial charge in [0.2, 0.25) is 10.0 Å². The van der Waals surface area contributed by atoms with Crippen LogP contribution in [0.1, 0.15) is 19.8 Å². The molecule has 108 valence electrons. The first-order valence-electron chi connectivity index (χ1n) is 6.09. The van der Waals surface area contributed by atoms with Crippen molar-refractivity contribution in [2.75, 3.05) is 25.4 Å². The van der Waals surface area contributed by atoms with Gasteiger partial charge in [-0.15, -0.1) is 0 Å². The number of halogens is 1. The Balaban J connectivity index is 3.14. The molecule has 0 radical (unpaired) electrons. The standard InChI is InChI=1S/C12H19BrN2O3S/c1-2-3-6-15(7-8-16)19(17,18)12-9-10(13)4-5-11(12)14/h4-5,9,16H,2-3,6-8,14H2,1H3. The fourth-order valence-corrected chi connectivity index (χ4v) is 3.79. The van der Waals surface area contributed by atoms with Crippen molar-refractivity contribution in [2.24, 2.45) is 0 Å². The van der Waals surface area contributed by atoms with Gasteiger partial charge in [0, 0.05) is 17.6 Å². The Labute approximate surface area is 122 Å². The predicted molar refractivity (Wildman–Crippen MR) is 79.3 cm³/mol. The lowest BCUT2D eigenvalue weighted by Crippen LogP contribution is -2.34. The summed E-state index contributed by atoms with van der Waals surface area (Å²) in [6.45, 7) is 2.23. The summed E-state index contributed by atoms with van der Waals surface area (Å²) in [6, 6.07) is 4.73. The summed E-state index contributed by atoms with van der Waals surface area (Å²) < 4.78 is 27.0. The molecule has 0 aromatic heterocycles. The third-order valence-electron chi connectivity index (χ3n) is 2.70. The molecule has 7 heteroatoms. The van der Waals surface area contributed by atoms with Gasteiger partial charge in [0.15, 0.2) is 0 Å². The molecule has 0 amide bonds. The molecule has 3 N–H and O–H groups in total. The molecule has 0 unspecified atom stereocenters. The van der Waals surface area contributed by atoms with Gasteiger partial charge in [0.1, 0.15) is 4.90 Å². The number of benzene rings is 1. The van der Waals surface area contributed by atoms with Crippen LogP contribution in [0.5, 0.6) is 0 Å². The predicted octanol–water partition coefficient (Wildman–Crippen LogP) is 1.81. The average Bonchev–Trinajstić information content (AvgIpc) is 2.37. The minimum absolute atomic E-state index is 0.0754. The van der Waals surface area contributed by atoms with Crippen molar-refractivity contribution in [1.29, 1.82) is 0 Å². The number of nitrogen functional groups attached to an aromatic ring is 1. The van der Waals surface area contributed by atoms with Gasteiger partial charge in [-0.25, -0.2) is 8.42 Å². The molecule has 1 aromatic carbocycles. The molecule has 19 heavy (non-hydrogen) atoms. The molecule has 0 saturated heterocycles. The SMILES string of the molecule is CCCCN(CCO)S(=O)(=O)c1cc(Br)ccc1N. The Bertz CT molecular complexity index is 520. The normalized spacial score (nSPS) is 12.0. The summed E-state index contributed by atoms with van der Waals surface area (Å²) in [4.78, 5) is 0.0754. The number of nitrogens with zero attached hydrogens (tertiary/aromatic N) is 1. The molecule has 0 aliphatic heterocycles. The van der Waals surface area contributed by atoms with Crippen molar-refractivity contribution in [2.45, 2.75) is 24.7 Å². The lowest BCUT2D eigenvalue weighted by Gasteiger charge is -2.22. The van der Waals surface area contributed by atoms with E-state index in [4.69, 9.17) is 10.8 Å². The van der Waals surface area contributed by atoms with Crippen LogP contribution in [0.25, 0.3) is 0 Å². The van der Waals surface area contributed by atoms with Crippen LogP contribution in [0.2, 0.25) is 0 Å². The molecule has 0 saturated carbocycles. The first-order valence-corrected chi connectivity index (χ1v) is 8.32. The quantitative estimate of drug-likeness (QED) is 0.734. The molecule has 0 fully saturated rings. The minimum atomic E-state index is -3.67. The molecule has 0 aliphatic rings. The van der Waals surface area contributed by atoms with Gasteiger partial charge >= 0.3 is 0 Å².